The van der Waals surface area contributed by atoms with E-state index in [0.29, 0.717) is 23.4 Å². The summed E-state index contributed by atoms with van der Waals surface area (Å²) in [6.45, 7) is 4.03. The molecule has 0 saturated heterocycles. The number of alkyl halides is 3. The maximum absolute atomic E-state index is 12.9. The summed E-state index contributed by atoms with van der Waals surface area (Å²) >= 11 is 0. The Labute approximate surface area is 104 Å². The first-order valence-electron chi connectivity index (χ1n) is 5.84. The van der Waals surface area contributed by atoms with E-state index in [4.69, 9.17) is 0 Å². The van der Waals surface area contributed by atoms with Crippen molar-refractivity contribution in [3.8, 4) is 0 Å². The van der Waals surface area contributed by atoms with Gasteiger partial charge in [-0.25, -0.2) is 0 Å². The van der Waals surface area contributed by atoms with Crippen LogP contribution in [0.3, 0.4) is 0 Å². The van der Waals surface area contributed by atoms with Crippen LogP contribution in [0.4, 0.5) is 13.2 Å². The first kappa shape index (κ1) is 12.9. The van der Waals surface area contributed by atoms with E-state index in [-0.39, 0.29) is 5.52 Å². The van der Waals surface area contributed by atoms with Crippen molar-refractivity contribution in [3.63, 3.8) is 0 Å². The van der Waals surface area contributed by atoms with Crippen LogP contribution in [0.1, 0.15) is 25.1 Å². The smallest absolute Gasteiger partial charge is 0.252 e. The minimum Gasteiger partial charge on any atom is -0.252 e. The molecule has 1 heterocycles. The third-order valence-electron chi connectivity index (χ3n) is 2.70. The molecule has 1 aromatic heterocycles. The number of hydrogen-bond donors (Lipinski definition) is 0. The molecule has 0 aliphatic rings. The SMILES string of the molecule is CC(C)Cc1ccc2cccc(C(F)(F)F)c2n1. The van der Waals surface area contributed by atoms with Crippen LogP contribution in [0, 0.1) is 5.92 Å². The third-order valence-corrected chi connectivity index (χ3v) is 2.70. The Bertz CT molecular complexity index is 558. The van der Waals surface area contributed by atoms with Crippen LogP contribution in [0.5, 0.6) is 0 Å². The summed E-state index contributed by atoms with van der Waals surface area (Å²) in [6, 6.07) is 7.64. The molecule has 0 fully saturated rings. The van der Waals surface area contributed by atoms with E-state index in [9.17, 15) is 13.2 Å². The lowest BCUT2D eigenvalue weighted by Gasteiger charge is -2.11. The van der Waals surface area contributed by atoms with Crippen LogP contribution in [0.15, 0.2) is 30.3 Å². The van der Waals surface area contributed by atoms with Crippen LogP contribution in [-0.4, -0.2) is 4.98 Å². The highest BCUT2D eigenvalue weighted by Gasteiger charge is 2.33. The summed E-state index contributed by atoms with van der Waals surface area (Å²) < 4.78 is 38.6. The Balaban J connectivity index is 2.59. The van der Waals surface area contributed by atoms with Gasteiger partial charge in [-0.05, 0) is 24.5 Å². The molecule has 0 unspecified atom stereocenters. The Morgan fingerprint density at radius 1 is 1.11 bits per heavy atom. The van der Waals surface area contributed by atoms with Crippen LogP contribution in [-0.2, 0) is 12.6 Å². The van der Waals surface area contributed by atoms with E-state index in [1.165, 1.54) is 6.07 Å². The zero-order chi connectivity index (χ0) is 13.3. The Kier molecular flexibility index (Phi) is 3.28. The predicted molar refractivity (Wildman–Crippen MR) is 65.3 cm³/mol. The quantitative estimate of drug-likeness (QED) is 0.770. The molecule has 96 valence electrons. The van der Waals surface area contributed by atoms with Crippen molar-refractivity contribution in [2.24, 2.45) is 5.92 Å². The molecule has 0 spiro atoms. The van der Waals surface area contributed by atoms with Crippen LogP contribution in [0.25, 0.3) is 10.9 Å². The van der Waals surface area contributed by atoms with Gasteiger partial charge >= 0.3 is 6.18 Å². The Morgan fingerprint density at radius 3 is 2.44 bits per heavy atom. The number of pyridine rings is 1. The number of fused-ring (bicyclic) bond motifs is 1. The van der Waals surface area contributed by atoms with Crippen molar-refractivity contribution in [1.82, 2.24) is 4.98 Å². The van der Waals surface area contributed by atoms with Gasteiger partial charge in [0.2, 0.25) is 0 Å². The number of nitrogens with zero attached hydrogens (tertiary/aromatic N) is 1. The molecular weight excluding hydrogens is 239 g/mol. The Hall–Kier alpha value is -1.58. The summed E-state index contributed by atoms with van der Waals surface area (Å²) in [5, 5.41) is 0.525. The zero-order valence-corrected chi connectivity index (χ0v) is 10.3. The lowest BCUT2D eigenvalue weighted by Crippen LogP contribution is -2.07. The first-order chi connectivity index (χ1) is 8.38. The summed E-state index contributed by atoms with van der Waals surface area (Å²) in [6.07, 6.45) is -3.68. The fourth-order valence-corrected chi connectivity index (χ4v) is 1.95. The van der Waals surface area contributed by atoms with Crippen LogP contribution < -0.4 is 0 Å². The topological polar surface area (TPSA) is 12.9 Å². The van der Waals surface area contributed by atoms with Crippen molar-refractivity contribution in [1.29, 1.82) is 0 Å². The number of benzene rings is 1. The van der Waals surface area contributed by atoms with Gasteiger partial charge in [-0.1, -0.05) is 32.0 Å². The van der Waals surface area contributed by atoms with Crippen molar-refractivity contribution in [3.05, 3.63) is 41.6 Å². The van der Waals surface area contributed by atoms with Gasteiger partial charge in [0.25, 0.3) is 0 Å². The number of aromatic nitrogens is 1. The van der Waals surface area contributed by atoms with E-state index >= 15 is 0 Å². The number of halogens is 3. The molecule has 0 radical (unpaired) electrons. The molecule has 1 nitrogen and oxygen atoms in total. The van der Waals surface area contributed by atoms with Gasteiger partial charge in [0, 0.05) is 11.1 Å². The predicted octanol–water partition coefficient (Wildman–Crippen LogP) is 4.45. The van der Waals surface area contributed by atoms with Gasteiger partial charge in [0.1, 0.15) is 0 Å². The Morgan fingerprint density at radius 2 is 1.83 bits per heavy atom. The fraction of sp³-hybridized carbons (Fsp3) is 0.357. The van der Waals surface area contributed by atoms with Crippen molar-refractivity contribution in [2.45, 2.75) is 26.4 Å². The van der Waals surface area contributed by atoms with Crippen molar-refractivity contribution in [2.75, 3.05) is 0 Å². The highest BCUT2D eigenvalue weighted by atomic mass is 19.4. The second-order valence-corrected chi connectivity index (χ2v) is 4.78. The first-order valence-corrected chi connectivity index (χ1v) is 5.84. The zero-order valence-electron chi connectivity index (χ0n) is 10.3. The maximum Gasteiger partial charge on any atom is 0.418 e. The molecule has 0 amide bonds. The average Bonchev–Trinajstić information content (AvgIpc) is 2.26. The molecule has 0 N–H and O–H groups in total. The summed E-state index contributed by atoms with van der Waals surface area (Å²) in [4.78, 5) is 4.16. The largest absolute Gasteiger partial charge is 0.418 e. The average molecular weight is 253 g/mol. The molecule has 4 heteroatoms. The molecule has 0 aliphatic heterocycles. The van der Waals surface area contributed by atoms with Gasteiger partial charge in [-0.3, -0.25) is 4.98 Å². The summed E-state index contributed by atoms with van der Waals surface area (Å²) in [7, 11) is 0. The lowest BCUT2D eigenvalue weighted by atomic mass is 10.0. The fourth-order valence-electron chi connectivity index (χ4n) is 1.95. The minimum absolute atomic E-state index is 0.0446. The molecule has 18 heavy (non-hydrogen) atoms. The lowest BCUT2D eigenvalue weighted by molar-refractivity contribution is -0.136. The standard InChI is InChI=1S/C14H14F3N/c1-9(2)8-11-7-6-10-4-3-5-12(13(10)18-11)14(15,16)17/h3-7,9H,8H2,1-2H3. The summed E-state index contributed by atoms with van der Waals surface area (Å²) in [5.41, 5.74) is 0.0861. The number of rotatable bonds is 2. The molecule has 1 aromatic carbocycles. The van der Waals surface area contributed by atoms with E-state index in [2.05, 4.69) is 4.98 Å². The van der Waals surface area contributed by atoms with Crippen LogP contribution in [0.2, 0.25) is 0 Å². The molecule has 0 atom stereocenters. The van der Waals surface area contributed by atoms with Gasteiger partial charge in [-0.2, -0.15) is 13.2 Å². The normalized spacial score (nSPS) is 12.3. The van der Waals surface area contributed by atoms with Crippen molar-refractivity contribution >= 4 is 10.9 Å². The van der Waals surface area contributed by atoms with E-state index < -0.39 is 11.7 Å². The second kappa shape index (κ2) is 4.59. The second-order valence-electron chi connectivity index (χ2n) is 4.78. The van der Waals surface area contributed by atoms with E-state index in [1.807, 2.05) is 13.8 Å². The van der Waals surface area contributed by atoms with Gasteiger partial charge in [0.05, 0.1) is 11.1 Å². The molecule has 0 bridgehead atoms. The molecule has 0 saturated carbocycles. The number of hydrogen-bond acceptors (Lipinski definition) is 1. The summed E-state index contributed by atoms with van der Waals surface area (Å²) in [5.74, 6) is 0.369. The van der Waals surface area contributed by atoms with Gasteiger partial charge < -0.3 is 0 Å². The van der Waals surface area contributed by atoms with E-state index in [1.54, 1.807) is 18.2 Å². The highest BCUT2D eigenvalue weighted by Crippen LogP contribution is 2.33. The van der Waals surface area contributed by atoms with Crippen molar-refractivity contribution < 1.29 is 13.2 Å². The van der Waals surface area contributed by atoms with Crippen LogP contribution >= 0.6 is 0 Å². The molecule has 0 aliphatic carbocycles. The molecule has 2 rings (SSSR count). The highest BCUT2D eigenvalue weighted by molar-refractivity contribution is 5.82. The monoisotopic (exact) mass is 253 g/mol. The van der Waals surface area contributed by atoms with Gasteiger partial charge in [0.15, 0.2) is 0 Å². The molecular formula is C14H14F3N. The van der Waals surface area contributed by atoms with Gasteiger partial charge in [-0.15, -0.1) is 0 Å². The minimum atomic E-state index is -4.36. The maximum atomic E-state index is 12.9. The van der Waals surface area contributed by atoms with E-state index in [0.717, 1.165) is 6.07 Å². The third kappa shape index (κ3) is 2.63. The number of para-hydroxylation sites is 1. The molecule has 2 aromatic rings.